The summed E-state index contributed by atoms with van der Waals surface area (Å²) in [5, 5.41) is 5.59. The van der Waals surface area contributed by atoms with E-state index in [1.54, 1.807) is 7.11 Å². The van der Waals surface area contributed by atoms with E-state index in [-0.39, 0.29) is 22.3 Å². The van der Waals surface area contributed by atoms with Gasteiger partial charge in [-0.2, -0.15) is 13.2 Å². The summed E-state index contributed by atoms with van der Waals surface area (Å²) in [6.45, 7) is 0.989. The van der Waals surface area contributed by atoms with Crippen molar-refractivity contribution < 1.29 is 22.7 Å². The molecule has 0 aliphatic carbocycles. The van der Waals surface area contributed by atoms with Crippen LogP contribution in [0.5, 0.6) is 0 Å². The zero-order valence-corrected chi connectivity index (χ0v) is 14.6. The van der Waals surface area contributed by atoms with Gasteiger partial charge in [-0.3, -0.25) is 4.79 Å². The van der Waals surface area contributed by atoms with Gasteiger partial charge in [0.25, 0.3) is 5.91 Å². The Bertz CT molecular complexity index is 752. The Morgan fingerprint density at radius 3 is 2.65 bits per heavy atom. The fourth-order valence-corrected chi connectivity index (χ4v) is 2.23. The minimum absolute atomic E-state index is 0.0973. The summed E-state index contributed by atoms with van der Waals surface area (Å²) in [6.07, 6.45) is -2.44. The molecule has 1 aromatic heterocycles. The largest absolute Gasteiger partial charge is 0.416 e. The first kappa shape index (κ1) is 20.0. The highest BCUT2D eigenvalue weighted by atomic mass is 35.5. The number of halogens is 4. The minimum Gasteiger partial charge on any atom is -0.385 e. The van der Waals surface area contributed by atoms with Crippen molar-refractivity contribution in [3.8, 4) is 0 Å². The van der Waals surface area contributed by atoms with Gasteiger partial charge in [-0.05, 0) is 36.8 Å². The maximum absolute atomic E-state index is 12.8. The predicted octanol–water partition coefficient (Wildman–Crippen LogP) is 4.26. The molecular formula is C17H17ClF3N3O2. The molecule has 5 nitrogen and oxygen atoms in total. The third-order valence-electron chi connectivity index (χ3n) is 3.38. The van der Waals surface area contributed by atoms with Gasteiger partial charge < -0.3 is 15.4 Å². The molecule has 2 aromatic rings. The van der Waals surface area contributed by atoms with Gasteiger partial charge in [0, 0.05) is 20.3 Å². The van der Waals surface area contributed by atoms with Crippen LogP contribution in [0.1, 0.15) is 22.5 Å². The number of carbonyl (C=O) groups is 1. The number of pyridine rings is 1. The molecule has 9 heteroatoms. The molecular weight excluding hydrogens is 371 g/mol. The SMILES string of the molecule is COCCCNC(=O)c1ccc(Nc2cc(C(F)(F)F)ccc2Cl)cn1. The lowest BCUT2D eigenvalue weighted by Crippen LogP contribution is -2.26. The number of carbonyl (C=O) groups excluding carboxylic acids is 1. The third kappa shape index (κ3) is 5.60. The number of nitrogens with one attached hydrogen (secondary N) is 2. The van der Waals surface area contributed by atoms with E-state index >= 15 is 0 Å². The Balaban J connectivity index is 2.04. The molecule has 2 N–H and O–H groups in total. The fourth-order valence-electron chi connectivity index (χ4n) is 2.06. The number of alkyl halides is 3. The first-order chi connectivity index (χ1) is 12.3. The van der Waals surface area contributed by atoms with Gasteiger partial charge in [-0.25, -0.2) is 4.98 Å². The Kier molecular flexibility index (Phi) is 6.82. The van der Waals surface area contributed by atoms with Gasteiger partial charge in [0.15, 0.2) is 0 Å². The van der Waals surface area contributed by atoms with Crippen LogP contribution in [-0.2, 0) is 10.9 Å². The topological polar surface area (TPSA) is 63.2 Å². The standard InChI is InChI=1S/C17H17ClF3N3O2/c1-26-8-2-7-22-16(25)14-6-4-12(10-23-14)24-15-9-11(17(19,20)21)3-5-13(15)18/h3-6,9-10,24H,2,7-8H2,1H3,(H,22,25). The van der Waals surface area contributed by atoms with Gasteiger partial charge in [0.2, 0.25) is 0 Å². The van der Waals surface area contributed by atoms with Crippen LogP contribution in [0.2, 0.25) is 5.02 Å². The lowest BCUT2D eigenvalue weighted by atomic mass is 10.2. The van der Waals surface area contributed by atoms with E-state index in [0.717, 1.165) is 12.1 Å². The second kappa shape index (κ2) is 8.86. The second-order valence-electron chi connectivity index (χ2n) is 5.35. The van der Waals surface area contributed by atoms with Crippen LogP contribution >= 0.6 is 11.6 Å². The maximum atomic E-state index is 12.8. The van der Waals surface area contributed by atoms with Crippen molar-refractivity contribution in [1.29, 1.82) is 0 Å². The summed E-state index contributed by atoms with van der Waals surface area (Å²) in [5.74, 6) is -0.343. The number of methoxy groups -OCH3 is 1. The zero-order valence-electron chi connectivity index (χ0n) is 13.9. The van der Waals surface area contributed by atoms with Crippen LogP contribution in [-0.4, -0.2) is 31.2 Å². The molecule has 0 fully saturated rings. The number of hydrogen-bond acceptors (Lipinski definition) is 4. The predicted molar refractivity (Wildman–Crippen MR) is 92.8 cm³/mol. The highest BCUT2D eigenvalue weighted by molar-refractivity contribution is 6.33. The molecule has 1 amide bonds. The van der Waals surface area contributed by atoms with Crippen molar-refractivity contribution in [1.82, 2.24) is 10.3 Å². The molecule has 0 aliphatic rings. The average Bonchev–Trinajstić information content (AvgIpc) is 2.60. The molecule has 0 unspecified atom stereocenters. The van der Waals surface area contributed by atoms with E-state index in [0.29, 0.717) is 25.3 Å². The zero-order chi connectivity index (χ0) is 19.2. The first-order valence-corrected chi connectivity index (χ1v) is 8.06. The first-order valence-electron chi connectivity index (χ1n) is 7.68. The monoisotopic (exact) mass is 387 g/mol. The lowest BCUT2D eigenvalue weighted by molar-refractivity contribution is -0.137. The van der Waals surface area contributed by atoms with Crippen LogP contribution in [0.15, 0.2) is 36.5 Å². The van der Waals surface area contributed by atoms with Gasteiger partial charge >= 0.3 is 6.18 Å². The average molecular weight is 388 g/mol. The molecule has 0 spiro atoms. The molecule has 0 radical (unpaired) electrons. The van der Waals surface area contributed by atoms with E-state index < -0.39 is 11.7 Å². The molecule has 0 atom stereocenters. The van der Waals surface area contributed by atoms with E-state index in [1.807, 2.05) is 0 Å². The quantitative estimate of drug-likeness (QED) is 0.697. The summed E-state index contributed by atoms with van der Waals surface area (Å²) in [5.41, 5.74) is -0.116. The minimum atomic E-state index is -4.47. The third-order valence-corrected chi connectivity index (χ3v) is 3.71. The Hall–Kier alpha value is -2.32. The van der Waals surface area contributed by atoms with Crippen LogP contribution in [0.25, 0.3) is 0 Å². The molecule has 0 aliphatic heterocycles. The number of anilines is 2. The van der Waals surface area contributed by atoms with Crippen molar-refractivity contribution in [3.05, 3.63) is 52.8 Å². The van der Waals surface area contributed by atoms with Crippen molar-refractivity contribution in [2.75, 3.05) is 25.6 Å². The Labute approximate surface area is 153 Å². The van der Waals surface area contributed by atoms with Gasteiger partial charge in [-0.1, -0.05) is 11.6 Å². The van der Waals surface area contributed by atoms with Crippen LogP contribution in [0, 0.1) is 0 Å². The van der Waals surface area contributed by atoms with Crippen molar-refractivity contribution >= 4 is 28.9 Å². The molecule has 2 rings (SSSR count). The van der Waals surface area contributed by atoms with Crippen molar-refractivity contribution in [2.24, 2.45) is 0 Å². The highest BCUT2D eigenvalue weighted by Gasteiger charge is 2.31. The summed E-state index contributed by atoms with van der Waals surface area (Å²) in [7, 11) is 1.58. The van der Waals surface area contributed by atoms with E-state index in [4.69, 9.17) is 16.3 Å². The maximum Gasteiger partial charge on any atom is 0.416 e. The summed E-state index contributed by atoms with van der Waals surface area (Å²) < 4.78 is 43.3. The second-order valence-corrected chi connectivity index (χ2v) is 5.76. The van der Waals surface area contributed by atoms with Gasteiger partial charge in [0.1, 0.15) is 5.69 Å². The number of aromatic nitrogens is 1. The smallest absolute Gasteiger partial charge is 0.385 e. The number of amides is 1. The molecule has 26 heavy (non-hydrogen) atoms. The lowest BCUT2D eigenvalue weighted by Gasteiger charge is -2.12. The van der Waals surface area contributed by atoms with Crippen molar-refractivity contribution in [2.45, 2.75) is 12.6 Å². The number of hydrogen-bond donors (Lipinski definition) is 2. The van der Waals surface area contributed by atoms with Crippen LogP contribution in [0.3, 0.4) is 0 Å². The van der Waals surface area contributed by atoms with Gasteiger partial charge in [0.05, 0.1) is 28.2 Å². The molecule has 1 heterocycles. The van der Waals surface area contributed by atoms with E-state index in [9.17, 15) is 18.0 Å². The summed E-state index contributed by atoms with van der Waals surface area (Å²) in [6, 6.07) is 5.99. The van der Waals surface area contributed by atoms with Crippen molar-refractivity contribution in [3.63, 3.8) is 0 Å². The molecule has 1 aromatic carbocycles. The molecule has 0 bridgehead atoms. The molecule has 140 valence electrons. The summed E-state index contributed by atoms with van der Waals surface area (Å²) >= 11 is 5.94. The normalized spacial score (nSPS) is 11.3. The van der Waals surface area contributed by atoms with Crippen LogP contribution < -0.4 is 10.6 Å². The molecule has 0 saturated heterocycles. The van der Waals surface area contributed by atoms with Crippen LogP contribution in [0.4, 0.5) is 24.5 Å². The summed E-state index contributed by atoms with van der Waals surface area (Å²) in [4.78, 5) is 15.9. The Morgan fingerprint density at radius 1 is 1.27 bits per heavy atom. The Morgan fingerprint density at radius 2 is 2.04 bits per heavy atom. The fraction of sp³-hybridized carbons (Fsp3) is 0.294. The number of ether oxygens (including phenoxy) is 1. The number of rotatable bonds is 7. The molecule has 0 saturated carbocycles. The highest BCUT2D eigenvalue weighted by Crippen LogP contribution is 2.34. The van der Waals surface area contributed by atoms with E-state index in [2.05, 4.69) is 15.6 Å². The number of nitrogens with zero attached hydrogens (tertiary/aromatic N) is 1. The van der Waals surface area contributed by atoms with E-state index in [1.165, 1.54) is 24.4 Å². The number of benzene rings is 1. The van der Waals surface area contributed by atoms with Gasteiger partial charge in [-0.15, -0.1) is 0 Å².